The van der Waals surface area contributed by atoms with Gasteiger partial charge in [-0.05, 0) is 41.3 Å². The number of thioether (sulfide) groups is 1. The lowest BCUT2D eigenvalue weighted by Crippen LogP contribution is -2.20. The third-order valence-electron chi connectivity index (χ3n) is 4.56. The lowest BCUT2D eigenvalue weighted by atomic mass is 10.0. The van der Waals surface area contributed by atoms with Crippen LogP contribution in [0.15, 0.2) is 70.9 Å². The molecule has 0 aliphatic heterocycles. The van der Waals surface area contributed by atoms with Gasteiger partial charge in [0, 0.05) is 28.9 Å². The van der Waals surface area contributed by atoms with E-state index in [4.69, 9.17) is 11.6 Å². The summed E-state index contributed by atoms with van der Waals surface area (Å²) in [4.78, 5) is 12.9. The van der Waals surface area contributed by atoms with E-state index < -0.39 is 0 Å². The van der Waals surface area contributed by atoms with Gasteiger partial charge in [-0.2, -0.15) is 0 Å². The highest BCUT2D eigenvalue weighted by atomic mass is 35.5. The van der Waals surface area contributed by atoms with Crippen LogP contribution in [0.1, 0.15) is 30.9 Å². The van der Waals surface area contributed by atoms with Gasteiger partial charge in [0.1, 0.15) is 0 Å². The number of rotatable bonds is 5. The molecule has 4 rings (SSSR count). The van der Waals surface area contributed by atoms with E-state index >= 15 is 0 Å². The quantitative estimate of drug-likeness (QED) is 0.437. The fourth-order valence-electron chi connectivity index (χ4n) is 2.92. The molecule has 0 atom stereocenters. The number of halogens is 1. The zero-order chi connectivity index (χ0) is 19.7. The van der Waals surface area contributed by atoms with Crippen molar-refractivity contribution in [2.45, 2.75) is 30.7 Å². The van der Waals surface area contributed by atoms with Gasteiger partial charge in [0.05, 0.1) is 0 Å². The highest BCUT2D eigenvalue weighted by Crippen LogP contribution is 2.22. The molecule has 0 aliphatic carbocycles. The van der Waals surface area contributed by atoms with Crippen LogP contribution in [0.25, 0.3) is 11.3 Å². The molecule has 0 radical (unpaired) electrons. The van der Waals surface area contributed by atoms with Crippen molar-refractivity contribution in [3.05, 3.63) is 87.4 Å². The van der Waals surface area contributed by atoms with Crippen molar-refractivity contribution in [3.63, 3.8) is 0 Å². The molecule has 0 aliphatic rings. The lowest BCUT2D eigenvalue weighted by molar-refractivity contribution is 0.862. The van der Waals surface area contributed by atoms with E-state index in [9.17, 15) is 4.79 Å². The Bertz CT molecular complexity index is 1160. The maximum absolute atomic E-state index is 12.9. The number of nitrogens with zero attached hydrogens (tertiary/aromatic N) is 4. The predicted molar refractivity (Wildman–Crippen MR) is 114 cm³/mol. The van der Waals surface area contributed by atoms with Gasteiger partial charge in [-0.1, -0.05) is 61.5 Å². The minimum Gasteiger partial charge on any atom is -0.280 e. The molecule has 2 aromatic carbocycles. The normalized spacial score (nSPS) is 11.4. The second-order valence-electron chi connectivity index (χ2n) is 6.81. The summed E-state index contributed by atoms with van der Waals surface area (Å²) < 4.78 is 3.34. The van der Waals surface area contributed by atoms with Crippen molar-refractivity contribution in [1.82, 2.24) is 19.2 Å². The molecule has 7 heteroatoms. The van der Waals surface area contributed by atoms with Crippen molar-refractivity contribution >= 4 is 29.0 Å². The molecule has 0 saturated carbocycles. The minimum absolute atomic E-state index is 0.189. The Kier molecular flexibility index (Phi) is 5.24. The first kappa shape index (κ1) is 18.8. The third kappa shape index (κ3) is 3.70. The molecule has 2 aromatic heterocycles. The van der Waals surface area contributed by atoms with Crippen LogP contribution in [-0.2, 0) is 5.75 Å². The first-order valence-electron chi connectivity index (χ1n) is 8.97. The van der Waals surface area contributed by atoms with E-state index in [1.807, 2.05) is 54.7 Å². The van der Waals surface area contributed by atoms with E-state index in [2.05, 4.69) is 24.0 Å². The summed E-state index contributed by atoms with van der Waals surface area (Å²) >= 11 is 7.46. The summed E-state index contributed by atoms with van der Waals surface area (Å²) in [6, 6.07) is 15.7. The molecule has 0 unspecified atom stereocenters. The van der Waals surface area contributed by atoms with Crippen LogP contribution in [-0.4, -0.2) is 19.2 Å². The molecule has 28 heavy (non-hydrogen) atoms. The molecule has 142 valence electrons. The first-order chi connectivity index (χ1) is 13.5. The topological polar surface area (TPSA) is 52.2 Å². The van der Waals surface area contributed by atoms with Gasteiger partial charge in [-0.3, -0.25) is 13.8 Å². The van der Waals surface area contributed by atoms with Crippen molar-refractivity contribution in [3.8, 4) is 5.69 Å². The molecule has 0 amide bonds. The number of hydrogen-bond donors (Lipinski definition) is 0. The maximum atomic E-state index is 12.9. The summed E-state index contributed by atoms with van der Waals surface area (Å²) in [6.07, 6.45) is 3.59. The molecular weight excluding hydrogens is 392 g/mol. The lowest BCUT2D eigenvalue weighted by Gasteiger charge is -2.09. The molecule has 2 heterocycles. The van der Waals surface area contributed by atoms with Gasteiger partial charge in [0.2, 0.25) is 5.65 Å². The molecule has 0 fully saturated rings. The van der Waals surface area contributed by atoms with E-state index in [0.29, 0.717) is 21.7 Å². The van der Waals surface area contributed by atoms with Crippen molar-refractivity contribution in [2.24, 2.45) is 0 Å². The summed E-state index contributed by atoms with van der Waals surface area (Å²) in [5, 5.41) is 9.71. The number of fused-ring (bicyclic) bond motifs is 1. The Balaban J connectivity index is 1.62. The monoisotopic (exact) mass is 410 g/mol. The Morgan fingerprint density at radius 1 is 1.00 bits per heavy atom. The van der Waals surface area contributed by atoms with Crippen LogP contribution in [0.2, 0.25) is 5.02 Å². The summed E-state index contributed by atoms with van der Waals surface area (Å²) in [7, 11) is 0. The van der Waals surface area contributed by atoms with Crippen molar-refractivity contribution < 1.29 is 0 Å². The SMILES string of the molecule is CC(C)c1ccc(-n2ccn3c(SCc4ccc(Cl)cc4)nnc3c2=O)cc1. The van der Waals surface area contributed by atoms with E-state index in [0.717, 1.165) is 17.0 Å². The van der Waals surface area contributed by atoms with Gasteiger partial charge < -0.3 is 0 Å². The summed E-state index contributed by atoms with van der Waals surface area (Å²) in [6.45, 7) is 4.29. The fraction of sp³-hybridized carbons (Fsp3) is 0.190. The van der Waals surface area contributed by atoms with Crippen LogP contribution in [0, 0.1) is 0 Å². The Hall–Kier alpha value is -2.57. The van der Waals surface area contributed by atoms with Gasteiger partial charge >= 0.3 is 5.56 Å². The molecule has 0 N–H and O–H groups in total. The van der Waals surface area contributed by atoms with Crippen LogP contribution in [0.5, 0.6) is 0 Å². The van der Waals surface area contributed by atoms with Crippen LogP contribution in [0.3, 0.4) is 0 Å². The number of benzene rings is 2. The largest absolute Gasteiger partial charge is 0.300 e. The molecule has 0 bridgehead atoms. The zero-order valence-electron chi connectivity index (χ0n) is 15.5. The van der Waals surface area contributed by atoms with Crippen LogP contribution < -0.4 is 5.56 Å². The average molecular weight is 411 g/mol. The van der Waals surface area contributed by atoms with Crippen molar-refractivity contribution in [1.29, 1.82) is 0 Å². The summed E-state index contributed by atoms with van der Waals surface area (Å²) in [5.41, 5.74) is 3.31. The smallest absolute Gasteiger partial charge is 0.280 e. The first-order valence-corrected chi connectivity index (χ1v) is 10.3. The van der Waals surface area contributed by atoms with Crippen molar-refractivity contribution in [2.75, 3.05) is 0 Å². The average Bonchev–Trinajstić information content (AvgIpc) is 3.12. The Labute approximate surface area is 172 Å². The van der Waals surface area contributed by atoms with Gasteiger partial charge in [-0.25, -0.2) is 0 Å². The standard InChI is InChI=1S/C21H19ClN4OS/c1-14(2)16-5-9-18(10-6-16)25-11-12-26-19(20(25)27)23-24-21(26)28-13-15-3-7-17(22)8-4-15/h3-12,14H,13H2,1-2H3. The molecule has 0 spiro atoms. The predicted octanol–water partition coefficient (Wildman–Crippen LogP) is 4.95. The number of hydrogen-bond acceptors (Lipinski definition) is 4. The number of aromatic nitrogens is 4. The van der Waals surface area contributed by atoms with E-state index in [-0.39, 0.29) is 5.56 Å². The van der Waals surface area contributed by atoms with Gasteiger partial charge in [-0.15, -0.1) is 10.2 Å². The summed E-state index contributed by atoms with van der Waals surface area (Å²) in [5.74, 6) is 1.17. The van der Waals surface area contributed by atoms with Gasteiger partial charge in [0.15, 0.2) is 5.16 Å². The molecular formula is C21H19ClN4OS. The highest BCUT2D eigenvalue weighted by molar-refractivity contribution is 7.98. The minimum atomic E-state index is -0.189. The van der Waals surface area contributed by atoms with Gasteiger partial charge in [0.25, 0.3) is 0 Å². The second-order valence-corrected chi connectivity index (χ2v) is 8.19. The Morgan fingerprint density at radius 2 is 1.71 bits per heavy atom. The molecule has 5 nitrogen and oxygen atoms in total. The zero-order valence-corrected chi connectivity index (χ0v) is 17.1. The third-order valence-corrected chi connectivity index (χ3v) is 5.82. The van der Waals surface area contributed by atoms with E-state index in [1.165, 1.54) is 17.3 Å². The van der Waals surface area contributed by atoms with Crippen LogP contribution >= 0.6 is 23.4 Å². The fourth-order valence-corrected chi connectivity index (χ4v) is 3.92. The molecule has 0 saturated heterocycles. The van der Waals surface area contributed by atoms with E-state index in [1.54, 1.807) is 15.2 Å². The Morgan fingerprint density at radius 3 is 2.39 bits per heavy atom. The maximum Gasteiger partial charge on any atom is 0.300 e. The van der Waals surface area contributed by atoms with Crippen LogP contribution in [0.4, 0.5) is 0 Å². The highest BCUT2D eigenvalue weighted by Gasteiger charge is 2.12. The second kappa shape index (κ2) is 7.81. The molecule has 4 aromatic rings.